The molecule has 0 unspecified atom stereocenters. The van der Waals surface area contributed by atoms with Crippen LogP contribution < -0.4 is 19.9 Å². The Kier molecular flexibility index (Phi) is 8.10. The van der Waals surface area contributed by atoms with Gasteiger partial charge in [-0.3, -0.25) is 9.69 Å². The summed E-state index contributed by atoms with van der Waals surface area (Å²) >= 11 is 0. The molecule has 0 radical (unpaired) electrons. The van der Waals surface area contributed by atoms with Gasteiger partial charge in [0.2, 0.25) is 0 Å². The van der Waals surface area contributed by atoms with Crippen LogP contribution in [0.5, 0.6) is 11.5 Å². The predicted octanol–water partition coefficient (Wildman–Crippen LogP) is 2.05. The summed E-state index contributed by atoms with van der Waals surface area (Å²) in [6, 6.07) is 9.37. The summed E-state index contributed by atoms with van der Waals surface area (Å²) in [4.78, 5) is 17.0. The second-order valence-electron chi connectivity index (χ2n) is 7.54. The second-order valence-corrected chi connectivity index (χ2v) is 7.54. The first kappa shape index (κ1) is 22.1. The van der Waals surface area contributed by atoms with E-state index in [0.29, 0.717) is 19.8 Å². The van der Waals surface area contributed by atoms with Gasteiger partial charge in [-0.1, -0.05) is 6.07 Å². The highest BCUT2D eigenvalue weighted by molar-refractivity contribution is 5.41. The van der Waals surface area contributed by atoms with Crippen molar-refractivity contribution in [3.05, 3.63) is 46.9 Å². The van der Waals surface area contributed by atoms with Crippen molar-refractivity contribution in [1.82, 2.24) is 14.7 Å². The molecule has 8 heteroatoms. The van der Waals surface area contributed by atoms with Crippen molar-refractivity contribution < 1.29 is 14.2 Å². The van der Waals surface area contributed by atoms with Gasteiger partial charge in [-0.15, -0.1) is 0 Å². The lowest BCUT2D eigenvalue weighted by atomic mass is 10.1. The average Bonchev–Trinajstić information content (AvgIpc) is 2.77. The maximum Gasteiger partial charge on any atom is 0.269 e. The highest BCUT2D eigenvalue weighted by Gasteiger charge is 2.23. The molecule has 0 spiro atoms. The normalized spacial score (nSPS) is 17.0. The van der Waals surface area contributed by atoms with E-state index in [1.165, 1.54) is 0 Å². The lowest BCUT2D eigenvalue weighted by Gasteiger charge is -2.33. The number of anilines is 1. The number of benzene rings is 1. The van der Waals surface area contributed by atoms with Crippen LogP contribution in [0.25, 0.3) is 0 Å². The zero-order valence-corrected chi connectivity index (χ0v) is 18.1. The SMILES string of the molecule is COCCN(C)c1cnn([C@H]2CCCN(CCOc3cccc(OC)c3)C2)c(=O)c1. The predicted molar refractivity (Wildman–Crippen MR) is 117 cm³/mol. The molecule has 2 aromatic rings. The van der Waals surface area contributed by atoms with Crippen LogP contribution in [0.15, 0.2) is 41.3 Å². The van der Waals surface area contributed by atoms with Crippen LogP contribution in [0.2, 0.25) is 0 Å². The maximum atomic E-state index is 12.7. The van der Waals surface area contributed by atoms with E-state index in [9.17, 15) is 4.79 Å². The number of ether oxygens (including phenoxy) is 3. The van der Waals surface area contributed by atoms with Crippen molar-refractivity contribution in [3.63, 3.8) is 0 Å². The van der Waals surface area contributed by atoms with E-state index in [2.05, 4.69) is 10.00 Å². The molecular formula is C22H32N4O4. The Bertz CT molecular complexity index is 857. The van der Waals surface area contributed by atoms with Gasteiger partial charge in [0.25, 0.3) is 5.56 Å². The molecular weight excluding hydrogens is 384 g/mol. The van der Waals surface area contributed by atoms with Crippen molar-refractivity contribution in [2.45, 2.75) is 18.9 Å². The molecule has 0 aliphatic carbocycles. The molecule has 8 nitrogen and oxygen atoms in total. The standard InChI is InChI=1S/C22H32N4O4/c1-24(10-12-28-2)19-14-22(27)26(23-16-19)18-6-5-9-25(17-18)11-13-30-21-8-4-7-20(15-21)29-3/h4,7-8,14-16,18H,5-6,9-13,17H2,1-3H3/t18-/m0/s1. The first-order valence-corrected chi connectivity index (χ1v) is 10.4. The van der Waals surface area contributed by atoms with Crippen molar-refractivity contribution >= 4 is 5.69 Å². The van der Waals surface area contributed by atoms with Crippen molar-refractivity contribution in [2.24, 2.45) is 0 Å². The molecule has 1 aliphatic heterocycles. The molecule has 0 N–H and O–H groups in total. The zero-order valence-electron chi connectivity index (χ0n) is 18.1. The molecule has 0 amide bonds. The maximum absolute atomic E-state index is 12.7. The molecule has 30 heavy (non-hydrogen) atoms. The summed E-state index contributed by atoms with van der Waals surface area (Å²) in [6.45, 7) is 4.52. The fourth-order valence-electron chi connectivity index (χ4n) is 3.67. The van der Waals surface area contributed by atoms with Crippen LogP contribution in [-0.2, 0) is 4.74 Å². The molecule has 1 aromatic carbocycles. The number of likely N-dealkylation sites (N-methyl/N-ethyl adjacent to an activating group) is 1. The highest BCUT2D eigenvalue weighted by Crippen LogP contribution is 2.21. The van der Waals surface area contributed by atoms with Gasteiger partial charge in [0.05, 0.1) is 31.6 Å². The molecule has 1 atom stereocenters. The topological polar surface area (TPSA) is 69.1 Å². The van der Waals surface area contributed by atoms with E-state index in [0.717, 1.165) is 49.7 Å². The van der Waals surface area contributed by atoms with E-state index < -0.39 is 0 Å². The lowest BCUT2D eigenvalue weighted by molar-refractivity contribution is 0.142. The zero-order chi connectivity index (χ0) is 21.3. The molecule has 0 bridgehead atoms. The Hall–Kier alpha value is -2.58. The highest BCUT2D eigenvalue weighted by atomic mass is 16.5. The van der Waals surface area contributed by atoms with E-state index in [1.807, 2.05) is 36.2 Å². The molecule has 1 saturated heterocycles. The van der Waals surface area contributed by atoms with E-state index >= 15 is 0 Å². The van der Waals surface area contributed by atoms with Gasteiger partial charge in [0, 0.05) is 45.9 Å². The first-order chi connectivity index (χ1) is 14.6. The van der Waals surface area contributed by atoms with Gasteiger partial charge >= 0.3 is 0 Å². The molecule has 2 heterocycles. The van der Waals surface area contributed by atoms with Crippen LogP contribution in [0, 0.1) is 0 Å². The molecule has 1 aromatic heterocycles. The van der Waals surface area contributed by atoms with Gasteiger partial charge in [0.15, 0.2) is 0 Å². The minimum absolute atomic E-state index is 0.0590. The van der Waals surface area contributed by atoms with Gasteiger partial charge < -0.3 is 19.1 Å². The van der Waals surface area contributed by atoms with Crippen LogP contribution in [0.3, 0.4) is 0 Å². The van der Waals surface area contributed by atoms with Crippen molar-refractivity contribution in [1.29, 1.82) is 0 Å². The third-order valence-corrected chi connectivity index (χ3v) is 5.43. The van der Waals surface area contributed by atoms with Crippen molar-refractivity contribution in [3.8, 4) is 11.5 Å². The number of nitrogens with zero attached hydrogens (tertiary/aromatic N) is 4. The van der Waals surface area contributed by atoms with E-state index in [4.69, 9.17) is 14.2 Å². The van der Waals surface area contributed by atoms with Crippen LogP contribution >= 0.6 is 0 Å². The van der Waals surface area contributed by atoms with E-state index in [-0.39, 0.29) is 11.6 Å². The monoisotopic (exact) mass is 416 g/mol. The first-order valence-electron chi connectivity index (χ1n) is 10.4. The number of rotatable bonds is 10. The Labute approximate surface area is 178 Å². The summed E-state index contributed by atoms with van der Waals surface area (Å²) in [6.07, 6.45) is 3.76. The van der Waals surface area contributed by atoms with Crippen LogP contribution in [-0.4, -0.2) is 75.3 Å². The van der Waals surface area contributed by atoms with Crippen molar-refractivity contribution in [2.75, 3.05) is 65.6 Å². The quantitative estimate of drug-likeness (QED) is 0.587. The number of aromatic nitrogens is 2. The van der Waals surface area contributed by atoms with Gasteiger partial charge in [-0.05, 0) is 31.5 Å². The van der Waals surface area contributed by atoms with Crippen LogP contribution in [0.1, 0.15) is 18.9 Å². The minimum Gasteiger partial charge on any atom is -0.497 e. The number of hydrogen-bond acceptors (Lipinski definition) is 7. The Morgan fingerprint density at radius 2 is 2.03 bits per heavy atom. The number of hydrogen-bond donors (Lipinski definition) is 0. The summed E-state index contributed by atoms with van der Waals surface area (Å²) in [5.41, 5.74) is 0.754. The summed E-state index contributed by atoms with van der Waals surface area (Å²) in [7, 11) is 5.25. The number of likely N-dealkylation sites (tertiary alicyclic amines) is 1. The molecule has 164 valence electrons. The summed E-state index contributed by atoms with van der Waals surface area (Å²) in [5, 5.41) is 4.46. The molecule has 3 rings (SSSR count). The largest absolute Gasteiger partial charge is 0.497 e. The fraction of sp³-hybridized carbons (Fsp3) is 0.545. The van der Waals surface area contributed by atoms with Gasteiger partial charge in [-0.2, -0.15) is 5.10 Å². The third kappa shape index (κ3) is 5.96. The van der Waals surface area contributed by atoms with Gasteiger partial charge in [-0.25, -0.2) is 4.68 Å². The molecule has 1 aliphatic rings. The summed E-state index contributed by atoms with van der Waals surface area (Å²) < 4.78 is 17.8. The second kappa shape index (κ2) is 11.0. The van der Waals surface area contributed by atoms with E-state index in [1.54, 1.807) is 31.2 Å². The molecule has 0 saturated carbocycles. The lowest BCUT2D eigenvalue weighted by Crippen LogP contribution is -2.42. The molecule has 1 fully saturated rings. The summed E-state index contributed by atoms with van der Waals surface area (Å²) in [5.74, 6) is 1.58. The Morgan fingerprint density at radius 1 is 1.20 bits per heavy atom. The van der Waals surface area contributed by atoms with Gasteiger partial charge in [0.1, 0.15) is 18.1 Å². The Morgan fingerprint density at radius 3 is 2.80 bits per heavy atom. The smallest absolute Gasteiger partial charge is 0.269 e. The average molecular weight is 417 g/mol. The van der Waals surface area contributed by atoms with Crippen LogP contribution in [0.4, 0.5) is 5.69 Å². The fourth-order valence-corrected chi connectivity index (χ4v) is 3.67. The third-order valence-electron chi connectivity index (χ3n) is 5.43. The number of methoxy groups -OCH3 is 2. The number of piperidine rings is 1. The minimum atomic E-state index is -0.0590. The Balaban J connectivity index is 1.54.